The molecule has 6 nitrogen and oxygen atoms in total. The Kier molecular flexibility index (Phi) is 14.1. The molecule has 0 heterocycles. The first-order valence-corrected chi connectivity index (χ1v) is 11.5. The van der Waals surface area contributed by atoms with E-state index in [1.54, 1.807) is 36.4 Å². The van der Waals surface area contributed by atoms with Crippen LogP contribution in [0, 0.1) is 0 Å². The van der Waals surface area contributed by atoms with Crippen molar-refractivity contribution in [3.8, 4) is 11.5 Å². The summed E-state index contributed by atoms with van der Waals surface area (Å²) >= 11 is 0. The van der Waals surface area contributed by atoms with Crippen molar-refractivity contribution in [1.29, 1.82) is 0 Å². The Balaban J connectivity index is 0.000000320. The maximum Gasteiger partial charge on any atom is 0.252 e. The molecule has 0 fully saturated rings. The van der Waals surface area contributed by atoms with E-state index in [2.05, 4.69) is 13.8 Å². The number of carbonyl (C=O) groups excluding carboxylic acids is 2. The zero-order chi connectivity index (χ0) is 23.6. The number of amides is 2. The van der Waals surface area contributed by atoms with Gasteiger partial charge < -0.3 is 20.9 Å². The Hall–Kier alpha value is -3.02. The van der Waals surface area contributed by atoms with Gasteiger partial charge in [-0.2, -0.15) is 0 Å². The van der Waals surface area contributed by atoms with Crippen LogP contribution in [0.15, 0.2) is 48.5 Å². The third-order valence-corrected chi connectivity index (χ3v) is 4.82. The SMILES string of the molecule is CCCCCCOc1ccccc1C(N)=O.CCCCCCOc1ccccc1C(N)=O. The molecule has 2 aromatic carbocycles. The molecule has 0 aliphatic rings. The molecule has 0 aromatic heterocycles. The number of unbranched alkanes of at least 4 members (excludes halogenated alkanes) is 6. The van der Waals surface area contributed by atoms with Crippen LogP contribution in [0.4, 0.5) is 0 Å². The van der Waals surface area contributed by atoms with E-state index in [0.29, 0.717) is 35.8 Å². The standard InChI is InChI=1S/2C13H19NO2/c2*1-2-3-4-7-10-16-12-9-6-5-8-11(12)13(14)15/h2*5-6,8-9H,2-4,7,10H2,1H3,(H2,14,15). The molecule has 0 unspecified atom stereocenters. The number of ether oxygens (including phenoxy) is 2. The molecule has 0 spiro atoms. The van der Waals surface area contributed by atoms with Gasteiger partial charge in [0, 0.05) is 0 Å². The highest BCUT2D eigenvalue weighted by Crippen LogP contribution is 2.18. The van der Waals surface area contributed by atoms with E-state index in [-0.39, 0.29) is 0 Å². The topological polar surface area (TPSA) is 105 Å². The Labute approximate surface area is 192 Å². The fourth-order valence-corrected chi connectivity index (χ4v) is 3.01. The molecule has 2 aromatic rings. The highest BCUT2D eigenvalue weighted by molar-refractivity contribution is 5.96. The van der Waals surface area contributed by atoms with Crippen molar-refractivity contribution in [3.05, 3.63) is 59.7 Å². The number of carbonyl (C=O) groups is 2. The fourth-order valence-electron chi connectivity index (χ4n) is 3.01. The van der Waals surface area contributed by atoms with Gasteiger partial charge in [-0.15, -0.1) is 0 Å². The third kappa shape index (κ3) is 10.8. The van der Waals surface area contributed by atoms with Gasteiger partial charge in [0.05, 0.1) is 24.3 Å². The molecular formula is C26H38N2O4. The Morgan fingerprint density at radius 1 is 0.625 bits per heavy atom. The van der Waals surface area contributed by atoms with E-state index in [1.165, 1.54) is 25.7 Å². The minimum absolute atomic E-state index is 0.441. The second-order valence-electron chi connectivity index (χ2n) is 7.54. The number of rotatable bonds is 14. The summed E-state index contributed by atoms with van der Waals surface area (Å²) in [5.74, 6) is 0.298. The van der Waals surface area contributed by atoms with E-state index in [4.69, 9.17) is 20.9 Å². The van der Waals surface area contributed by atoms with Gasteiger partial charge in [0.1, 0.15) is 11.5 Å². The lowest BCUT2D eigenvalue weighted by molar-refractivity contribution is 0.0987. The van der Waals surface area contributed by atoms with Crippen molar-refractivity contribution in [1.82, 2.24) is 0 Å². The molecule has 6 heteroatoms. The van der Waals surface area contributed by atoms with Crippen LogP contribution in [0.5, 0.6) is 11.5 Å². The maximum absolute atomic E-state index is 11.1. The predicted molar refractivity (Wildman–Crippen MR) is 129 cm³/mol. The highest BCUT2D eigenvalue weighted by atomic mass is 16.5. The number of hydrogen-bond donors (Lipinski definition) is 2. The van der Waals surface area contributed by atoms with E-state index in [1.807, 2.05) is 12.1 Å². The summed E-state index contributed by atoms with van der Waals surface area (Å²) in [4.78, 5) is 22.2. The van der Waals surface area contributed by atoms with Gasteiger partial charge >= 0.3 is 0 Å². The zero-order valence-corrected chi connectivity index (χ0v) is 19.5. The first-order chi connectivity index (χ1) is 15.5. The van der Waals surface area contributed by atoms with E-state index >= 15 is 0 Å². The average molecular weight is 443 g/mol. The van der Waals surface area contributed by atoms with Crippen molar-refractivity contribution in [2.45, 2.75) is 65.2 Å². The average Bonchev–Trinajstić information content (AvgIpc) is 2.79. The number of benzene rings is 2. The number of nitrogens with two attached hydrogens (primary N) is 2. The van der Waals surface area contributed by atoms with Crippen LogP contribution in [0.1, 0.15) is 85.9 Å². The second-order valence-corrected chi connectivity index (χ2v) is 7.54. The normalized spacial score (nSPS) is 10.1. The second kappa shape index (κ2) is 16.6. The number of para-hydroxylation sites is 2. The van der Waals surface area contributed by atoms with Crippen LogP contribution in [-0.2, 0) is 0 Å². The van der Waals surface area contributed by atoms with Crippen LogP contribution < -0.4 is 20.9 Å². The van der Waals surface area contributed by atoms with Crippen LogP contribution in [-0.4, -0.2) is 25.0 Å². The van der Waals surface area contributed by atoms with Crippen molar-refractivity contribution in [2.24, 2.45) is 11.5 Å². The summed E-state index contributed by atoms with van der Waals surface area (Å²) in [7, 11) is 0. The molecule has 32 heavy (non-hydrogen) atoms. The van der Waals surface area contributed by atoms with Crippen molar-refractivity contribution < 1.29 is 19.1 Å². The lowest BCUT2D eigenvalue weighted by atomic mass is 10.2. The third-order valence-electron chi connectivity index (χ3n) is 4.82. The molecular weight excluding hydrogens is 404 g/mol. The lowest BCUT2D eigenvalue weighted by Gasteiger charge is -2.08. The van der Waals surface area contributed by atoms with E-state index < -0.39 is 11.8 Å². The summed E-state index contributed by atoms with van der Waals surface area (Å²) in [6.07, 6.45) is 9.21. The van der Waals surface area contributed by atoms with Gasteiger partial charge in [0.25, 0.3) is 11.8 Å². The van der Waals surface area contributed by atoms with Gasteiger partial charge in [-0.1, -0.05) is 76.6 Å². The molecule has 0 saturated carbocycles. The summed E-state index contributed by atoms with van der Waals surface area (Å²) in [5, 5.41) is 0. The maximum atomic E-state index is 11.1. The summed E-state index contributed by atoms with van der Waals surface area (Å²) in [6, 6.07) is 14.2. The minimum atomic E-state index is -0.441. The number of primary amides is 2. The monoisotopic (exact) mass is 442 g/mol. The molecule has 2 rings (SSSR count). The largest absolute Gasteiger partial charge is 0.493 e. The predicted octanol–water partition coefficient (Wildman–Crippen LogP) is 5.49. The summed E-state index contributed by atoms with van der Waals surface area (Å²) in [5.41, 5.74) is 11.4. The highest BCUT2D eigenvalue weighted by Gasteiger charge is 2.08. The minimum Gasteiger partial charge on any atom is -0.493 e. The molecule has 0 radical (unpaired) electrons. The van der Waals surface area contributed by atoms with Crippen LogP contribution in [0.3, 0.4) is 0 Å². The first kappa shape index (κ1) is 27.0. The number of hydrogen-bond acceptors (Lipinski definition) is 4. The van der Waals surface area contributed by atoms with Gasteiger partial charge in [-0.3, -0.25) is 9.59 Å². The fraction of sp³-hybridized carbons (Fsp3) is 0.462. The van der Waals surface area contributed by atoms with Crippen LogP contribution in [0.2, 0.25) is 0 Å². The molecule has 0 saturated heterocycles. The van der Waals surface area contributed by atoms with Crippen molar-refractivity contribution >= 4 is 11.8 Å². The Morgan fingerprint density at radius 2 is 1.00 bits per heavy atom. The first-order valence-electron chi connectivity index (χ1n) is 11.5. The molecule has 0 aliphatic heterocycles. The zero-order valence-electron chi connectivity index (χ0n) is 19.5. The van der Waals surface area contributed by atoms with Gasteiger partial charge in [0.2, 0.25) is 0 Å². The lowest BCUT2D eigenvalue weighted by Crippen LogP contribution is -2.13. The van der Waals surface area contributed by atoms with E-state index in [0.717, 1.165) is 25.7 Å². The van der Waals surface area contributed by atoms with Crippen LogP contribution >= 0.6 is 0 Å². The van der Waals surface area contributed by atoms with E-state index in [9.17, 15) is 9.59 Å². The van der Waals surface area contributed by atoms with Gasteiger partial charge in [-0.25, -0.2) is 0 Å². The smallest absolute Gasteiger partial charge is 0.252 e. The van der Waals surface area contributed by atoms with Crippen molar-refractivity contribution in [2.75, 3.05) is 13.2 Å². The Bertz CT molecular complexity index is 740. The molecule has 2 amide bonds. The molecule has 4 N–H and O–H groups in total. The molecule has 0 aliphatic carbocycles. The quantitative estimate of drug-likeness (QED) is 0.377. The molecule has 0 atom stereocenters. The Morgan fingerprint density at radius 3 is 1.34 bits per heavy atom. The summed E-state index contributed by atoms with van der Waals surface area (Å²) in [6.45, 7) is 5.63. The van der Waals surface area contributed by atoms with Crippen LogP contribution in [0.25, 0.3) is 0 Å². The molecule has 0 bridgehead atoms. The van der Waals surface area contributed by atoms with Gasteiger partial charge in [-0.05, 0) is 37.1 Å². The van der Waals surface area contributed by atoms with Gasteiger partial charge in [0.15, 0.2) is 0 Å². The van der Waals surface area contributed by atoms with Crippen molar-refractivity contribution in [3.63, 3.8) is 0 Å². The summed E-state index contributed by atoms with van der Waals surface area (Å²) < 4.78 is 11.1. The molecule has 176 valence electrons.